The quantitative estimate of drug-likeness (QED) is 0.939. The van der Waals surface area contributed by atoms with E-state index in [1.807, 2.05) is 6.92 Å². The first-order valence-electron chi connectivity index (χ1n) is 5.17. The number of carbonyl (C=O) groups is 1. The molecule has 2 aromatic rings. The van der Waals surface area contributed by atoms with Crippen molar-refractivity contribution in [1.29, 1.82) is 0 Å². The molecule has 4 nitrogen and oxygen atoms in total. The minimum absolute atomic E-state index is 0.237. The number of benzene rings is 1. The second kappa shape index (κ2) is 5.37. The molecule has 1 heterocycles. The van der Waals surface area contributed by atoms with Crippen molar-refractivity contribution in [2.75, 3.05) is 12.4 Å². The molecule has 1 aromatic carbocycles. The van der Waals surface area contributed by atoms with E-state index < -0.39 is 0 Å². The highest BCUT2D eigenvalue weighted by Crippen LogP contribution is 2.25. The fraction of sp³-hybridized carbons (Fsp3) is 0.167. The van der Waals surface area contributed by atoms with Gasteiger partial charge in [0.25, 0.3) is 5.91 Å². The van der Waals surface area contributed by atoms with E-state index in [0.29, 0.717) is 21.5 Å². The number of amides is 1. The summed E-state index contributed by atoms with van der Waals surface area (Å²) in [6.07, 6.45) is 1.71. The number of ether oxygens (including phenoxy) is 1. The van der Waals surface area contributed by atoms with Crippen molar-refractivity contribution in [2.24, 2.45) is 0 Å². The highest BCUT2D eigenvalue weighted by atomic mass is 35.5. The Morgan fingerprint density at radius 1 is 1.50 bits per heavy atom. The highest BCUT2D eigenvalue weighted by Gasteiger charge is 2.11. The number of anilines is 1. The molecular formula is C12H11ClN2O2S. The molecule has 18 heavy (non-hydrogen) atoms. The first-order valence-corrected chi connectivity index (χ1v) is 6.37. The summed E-state index contributed by atoms with van der Waals surface area (Å²) in [5, 5.41) is 3.77. The summed E-state index contributed by atoms with van der Waals surface area (Å²) in [4.78, 5) is 17.1. The summed E-state index contributed by atoms with van der Waals surface area (Å²) in [6.45, 7) is 1.93. The fourth-order valence-corrected chi connectivity index (χ4v) is 2.24. The lowest BCUT2D eigenvalue weighted by Gasteiger charge is -2.06. The van der Waals surface area contributed by atoms with Crippen LogP contribution in [0.1, 0.15) is 15.2 Å². The number of aromatic nitrogens is 1. The van der Waals surface area contributed by atoms with Gasteiger partial charge in [-0.05, 0) is 25.1 Å². The van der Waals surface area contributed by atoms with Crippen LogP contribution >= 0.6 is 22.9 Å². The molecule has 0 aliphatic rings. The third-order valence-corrected chi connectivity index (χ3v) is 3.40. The van der Waals surface area contributed by atoms with E-state index in [2.05, 4.69) is 10.3 Å². The largest absolute Gasteiger partial charge is 0.495 e. The van der Waals surface area contributed by atoms with Gasteiger partial charge in [0.1, 0.15) is 5.75 Å². The Balaban J connectivity index is 2.18. The molecule has 0 fully saturated rings. The second-order valence-corrected chi connectivity index (χ2v) is 5.22. The van der Waals surface area contributed by atoms with Gasteiger partial charge in [0.15, 0.2) is 5.13 Å². The molecule has 0 saturated heterocycles. The van der Waals surface area contributed by atoms with E-state index in [1.165, 1.54) is 18.4 Å². The maximum absolute atomic E-state index is 12.0. The van der Waals surface area contributed by atoms with Crippen molar-refractivity contribution in [3.63, 3.8) is 0 Å². The molecule has 1 amide bonds. The molecule has 0 saturated carbocycles. The van der Waals surface area contributed by atoms with Gasteiger partial charge in [-0.2, -0.15) is 0 Å². The molecule has 0 aliphatic heterocycles. The Morgan fingerprint density at radius 2 is 2.28 bits per heavy atom. The minimum Gasteiger partial charge on any atom is -0.495 e. The van der Waals surface area contributed by atoms with E-state index in [1.54, 1.807) is 24.4 Å². The van der Waals surface area contributed by atoms with E-state index in [4.69, 9.17) is 16.3 Å². The molecule has 94 valence electrons. The number of aryl methyl sites for hydroxylation is 1. The molecular weight excluding hydrogens is 272 g/mol. The molecule has 0 bridgehead atoms. The van der Waals surface area contributed by atoms with Crippen LogP contribution in [0, 0.1) is 6.92 Å². The molecule has 2 rings (SSSR count). The van der Waals surface area contributed by atoms with Gasteiger partial charge in [-0.25, -0.2) is 4.98 Å². The summed E-state index contributed by atoms with van der Waals surface area (Å²) in [6, 6.07) is 4.86. The number of nitrogens with zero attached hydrogens (tertiary/aromatic N) is 1. The van der Waals surface area contributed by atoms with Crippen LogP contribution in [0.5, 0.6) is 5.75 Å². The van der Waals surface area contributed by atoms with Gasteiger partial charge in [0, 0.05) is 16.6 Å². The zero-order valence-corrected chi connectivity index (χ0v) is 11.4. The molecule has 1 aromatic heterocycles. The van der Waals surface area contributed by atoms with Crippen LogP contribution in [0.4, 0.5) is 5.13 Å². The lowest BCUT2D eigenvalue weighted by atomic mass is 10.2. The number of halogens is 1. The Bertz CT molecular complexity index is 583. The Morgan fingerprint density at radius 3 is 2.89 bits per heavy atom. The molecule has 0 atom stereocenters. The summed E-state index contributed by atoms with van der Waals surface area (Å²) in [7, 11) is 1.51. The maximum atomic E-state index is 12.0. The zero-order valence-electron chi connectivity index (χ0n) is 9.86. The first-order chi connectivity index (χ1) is 8.60. The Hall–Kier alpha value is -1.59. The number of carbonyl (C=O) groups excluding carboxylic acids is 1. The van der Waals surface area contributed by atoms with Crippen LogP contribution in [0.2, 0.25) is 5.02 Å². The number of nitrogens with one attached hydrogen (secondary N) is 1. The summed E-state index contributed by atoms with van der Waals surface area (Å²) >= 11 is 7.32. The van der Waals surface area contributed by atoms with E-state index >= 15 is 0 Å². The lowest BCUT2D eigenvalue weighted by Crippen LogP contribution is -2.11. The minimum atomic E-state index is -0.237. The molecule has 0 aliphatic carbocycles. The van der Waals surface area contributed by atoms with Crippen LogP contribution in [0.15, 0.2) is 24.4 Å². The number of methoxy groups -OCH3 is 1. The van der Waals surface area contributed by atoms with Crippen molar-refractivity contribution in [3.8, 4) is 5.75 Å². The van der Waals surface area contributed by atoms with Crippen molar-refractivity contribution < 1.29 is 9.53 Å². The summed E-state index contributed by atoms with van der Waals surface area (Å²) in [5.74, 6) is 0.235. The molecule has 1 N–H and O–H groups in total. The fourth-order valence-electron chi connectivity index (χ4n) is 1.38. The number of hydrogen-bond acceptors (Lipinski definition) is 4. The van der Waals surface area contributed by atoms with Crippen LogP contribution < -0.4 is 10.1 Å². The third kappa shape index (κ3) is 2.80. The van der Waals surface area contributed by atoms with Crippen LogP contribution in [0.25, 0.3) is 0 Å². The molecule has 6 heteroatoms. The predicted octanol–water partition coefficient (Wildman–Crippen LogP) is 3.37. The smallest absolute Gasteiger partial charge is 0.257 e. The SMILES string of the molecule is COc1cc(C(=O)Nc2ncc(C)s2)ccc1Cl. The predicted molar refractivity (Wildman–Crippen MR) is 72.8 cm³/mol. The van der Waals surface area contributed by atoms with Crippen molar-refractivity contribution in [2.45, 2.75) is 6.92 Å². The number of hydrogen-bond donors (Lipinski definition) is 1. The average molecular weight is 283 g/mol. The summed E-state index contributed by atoms with van der Waals surface area (Å²) in [5.41, 5.74) is 0.476. The second-order valence-electron chi connectivity index (χ2n) is 3.58. The topological polar surface area (TPSA) is 51.2 Å². The zero-order chi connectivity index (χ0) is 13.1. The van der Waals surface area contributed by atoms with E-state index in [-0.39, 0.29) is 5.91 Å². The standard InChI is InChI=1S/C12H11ClN2O2S/c1-7-6-14-12(18-7)15-11(16)8-3-4-9(13)10(5-8)17-2/h3-6H,1-2H3,(H,14,15,16). The van der Waals surface area contributed by atoms with E-state index in [0.717, 1.165) is 4.88 Å². The summed E-state index contributed by atoms with van der Waals surface area (Å²) < 4.78 is 5.07. The van der Waals surface area contributed by atoms with Gasteiger partial charge in [0.05, 0.1) is 12.1 Å². The average Bonchev–Trinajstić information content (AvgIpc) is 2.75. The van der Waals surface area contributed by atoms with Crippen molar-refractivity contribution >= 4 is 34.0 Å². The monoisotopic (exact) mass is 282 g/mol. The van der Waals surface area contributed by atoms with Crippen LogP contribution in [-0.4, -0.2) is 18.0 Å². The highest BCUT2D eigenvalue weighted by molar-refractivity contribution is 7.15. The number of thiazole rings is 1. The Labute approximate surface area is 114 Å². The van der Waals surface area contributed by atoms with Crippen LogP contribution in [-0.2, 0) is 0 Å². The van der Waals surface area contributed by atoms with Gasteiger partial charge in [-0.3, -0.25) is 10.1 Å². The van der Waals surface area contributed by atoms with Gasteiger partial charge in [0.2, 0.25) is 0 Å². The van der Waals surface area contributed by atoms with Crippen molar-refractivity contribution in [1.82, 2.24) is 4.98 Å². The van der Waals surface area contributed by atoms with Gasteiger partial charge >= 0.3 is 0 Å². The number of rotatable bonds is 3. The maximum Gasteiger partial charge on any atom is 0.257 e. The normalized spacial score (nSPS) is 10.2. The molecule has 0 radical (unpaired) electrons. The molecule has 0 unspecified atom stereocenters. The van der Waals surface area contributed by atoms with E-state index in [9.17, 15) is 4.79 Å². The first kappa shape index (κ1) is 12.9. The third-order valence-electron chi connectivity index (χ3n) is 2.26. The van der Waals surface area contributed by atoms with Crippen LogP contribution in [0.3, 0.4) is 0 Å². The Kier molecular flexibility index (Phi) is 3.84. The van der Waals surface area contributed by atoms with Gasteiger partial charge < -0.3 is 4.74 Å². The van der Waals surface area contributed by atoms with Gasteiger partial charge in [-0.15, -0.1) is 11.3 Å². The lowest BCUT2D eigenvalue weighted by molar-refractivity contribution is 0.102. The molecule has 0 spiro atoms. The van der Waals surface area contributed by atoms with Gasteiger partial charge in [-0.1, -0.05) is 11.6 Å². The van der Waals surface area contributed by atoms with Crippen molar-refractivity contribution in [3.05, 3.63) is 39.9 Å².